The van der Waals surface area contributed by atoms with Gasteiger partial charge in [-0.1, -0.05) is 0 Å². The number of anilines is 1. The Bertz CT molecular complexity index is 737. The molecule has 6 nitrogen and oxygen atoms in total. The molecular weight excluding hydrogens is 336 g/mol. The van der Waals surface area contributed by atoms with E-state index in [2.05, 4.69) is 9.84 Å². The zero-order chi connectivity index (χ0) is 18.0. The van der Waals surface area contributed by atoms with E-state index in [1.54, 1.807) is 0 Å². The molecule has 0 fully saturated rings. The van der Waals surface area contributed by atoms with Gasteiger partial charge in [-0.05, 0) is 6.92 Å². The van der Waals surface area contributed by atoms with Gasteiger partial charge < -0.3 is 4.74 Å². The second-order valence-electron chi connectivity index (χ2n) is 4.85. The fraction of sp³-hybridized carbons (Fsp3) is 0.286. The predicted octanol–water partition coefficient (Wildman–Crippen LogP) is 1.86. The minimum atomic E-state index is -1.83. The van der Waals surface area contributed by atoms with Crippen LogP contribution >= 0.6 is 0 Å². The van der Waals surface area contributed by atoms with Crippen molar-refractivity contribution >= 4 is 29.1 Å². The highest BCUT2D eigenvalue weighted by Gasteiger charge is 2.32. The first-order valence-electron chi connectivity index (χ1n) is 6.62. The van der Waals surface area contributed by atoms with Gasteiger partial charge >= 0.3 is 5.97 Å². The number of halogens is 4. The van der Waals surface area contributed by atoms with Gasteiger partial charge in [0, 0.05) is 18.9 Å². The van der Waals surface area contributed by atoms with E-state index in [9.17, 15) is 31.9 Å². The number of hydrazone groups is 1. The molecule has 1 aromatic carbocycles. The molecule has 0 aliphatic carbocycles. The number of esters is 1. The standard InChI is InChI=1S/C14H10F4N2O4/c1-6(21)5-24-14(23)9-2-3-10(22)20(19-9)13-11(17)7(15)4-8(16)12(13)18/h4H,2-3,5H2,1H3. The van der Waals surface area contributed by atoms with Crippen molar-refractivity contribution in [1.82, 2.24) is 0 Å². The van der Waals surface area contributed by atoms with Crippen LogP contribution in [-0.2, 0) is 19.1 Å². The van der Waals surface area contributed by atoms with Crippen LogP contribution in [0.25, 0.3) is 0 Å². The molecule has 0 N–H and O–H groups in total. The zero-order valence-electron chi connectivity index (χ0n) is 12.2. The van der Waals surface area contributed by atoms with Crippen molar-refractivity contribution in [3.8, 4) is 0 Å². The number of benzene rings is 1. The summed E-state index contributed by atoms with van der Waals surface area (Å²) in [5.74, 6) is -9.62. The average Bonchev–Trinajstić information content (AvgIpc) is 2.52. The van der Waals surface area contributed by atoms with Crippen molar-refractivity contribution in [3.63, 3.8) is 0 Å². The van der Waals surface area contributed by atoms with Crippen LogP contribution in [0.15, 0.2) is 11.2 Å². The quantitative estimate of drug-likeness (QED) is 0.474. The van der Waals surface area contributed by atoms with E-state index in [1.807, 2.05) is 0 Å². The van der Waals surface area contributed by atoms with Gasteiger partial charge in [-0.2, -0.15) is 10.1 Å². The van der Waals surface area contributed by atoms with E-state index in [4.69, 9.17) is 0 Å². The number of rotatable bonds is 4. The summed E-state index contributed by atoms with van der Waals surface area (Å²) < 4.78 is 58.7. The van der Waals surface area contributed by atoms with Gasteiger partial charge in [-0.25, -0.2) is 22.4 Å². The van der Waals surface area contributed by atoms with Crippen molar-refractivity contribution in [2.24, 2.45) is 5.10 Å². The number of carbonyl (C=O) groups is 3. The van der Waals surface area contributed by atoms with E-state index in [0.29, 0.717) is 0 Å². The lowest BCUT2D eigenvalue weighted by atomic mass is 10.1. The highest BCUT2D eigenvalue weighted by atomic mass is 19.2. The number of carbonyl (C=O) groups excluding carboxylic acids is 3. The van der Waals surface area contributed by atoms with Gasteiger partial charge in [-0.3, -0.25) is 9.59 Å². The summed E-state index contributed by atoms with van der Waals surface area (Å²) in [6.07, 6.45) is -0.613. The summed E-state index contributed by atoms with van der Waals surface area (Å²) in [5, 5.41) is 3.49. The van der Waals surface area contributed by atoms with Gasteiger partial charge in [-0.15, -0.1) is 0 Å². The Kier molecular flexibility index (Phi) is 4.96. The summed E-state index contributed by atoms with van der Waals surface area (Å²) in [7, 11) is 0. The third-order valence-electron chi connectivity index (χ3n) is 2.98. The first-order valence-corrected chi connectivity index (χ1v) is 6.62. The molecule has 1 amide bonds. The van der Waals surface area contributed by atoms with Gasteiger partial charge in [0.1, 0.15) is 18.0 Å². The number of nitrogens with zero attached hydrogens (tertiary/aromatic N) is 2. The Balaban J connectivity index is 2.42. The molecule has 1 aliphatic rings. The average molecular weight is 346 g/mol. The monoisotopic (exact) mass is 346 g/mol. The number of hydrogen-bond donors (Lipinski definition) is 0. The molecule has 24 heavy (non-hydrogen) atoms. The second-order valence-corrected chi connectivity index (χ2v) is 4.85. The molecule has 10 heteroatoms. The minimum absolute atomic E-state index is 0.0195. The summed E-state index contributed by atoms with van der Waals surface area (Å²) >= 11 is 0. The van der Waals surface area contributed by atoms with Gasteiger partial charge in [0.15, 0.2) is 29.1 Å². The lowest BCUT2D eigenvalue weighted by Crippen LogP contribution is -2.36. The molecule has 1 heterocycles. The van der Waals surface area contributed by atoms with Crippen LogP contribution in [0.3, 0.4) is 0 Å². The molecule has 0 unspecified atom stereocenters. The van der Waals surface area contributed by atoms with Crippen LogP contribution in [0, 0.1) is 23.3 Å². The topological polar surface area (TPSA) is 76.0 Å². The SMILES string of the molecule is CC(=O)COC(=O)C1=NN(c2c(F)c(F)cc(F)c2F)C(=O)CC1. The summed E-state index contributed by atoms with van der Waals surface area (Å²) in [6.45, 7) is 0.606. The minimum Gasteiger partial charge on any atom is -0.453 e. The predicted molar refractivity (Wildman–Crippen MR) is 72.1 cm³/mol. The fourth-order valence-electron chi connectivity index (χ4n) is 1.87. The molecule has 0 radical (unpaired) electrons. The van der Waals surface area contributed by atoms with Crippen LogP contribution in [0.1, 0.15) is 19.8 Å². The third kappa shape index (κ3) is 3.42. The van der Waals surface area contributed by atoms with E-state index in [1.165, 1.54) is 0 Å². The molecule has 0 saturated heterocycles. The number of hydrogen-bond acceptors (Lipinski definition) is 5. The molecule has 0 spiro atoms. The largest absolute Gasteiger partial charge is 0.453 e. The van der Waals surface area contributed by atoms with Gasteiger partial charge in [0.05, 0.1) is 0 Å². The number of Topliss-reactive ketones (excluding diaryl/α,β-unsaturated/α-hetero) is 1. The van der Waals surface area contributed by atoms with Crippen LogP contribution in [0.2, 0.25) is 0 Å². The van der Waals surface area contributed by atoms with E-state index in [0.717, 1.165) is 6.92 Å². The molecule has 0 aromatic heterocycles. The molecule has 1 aromatic rings. The van der Waals surface area contributed by atoms with Crippen molar-refractivity contribution in [3.05, 3.63) is 29.3 Å². The first kappa shape index (κ1) is 17.6. The van der Waals surface area contributed by atoms with Gasteiger partial charge in [0.25, 0.3) is 0 Å². The molecule has 1 aliphatic heterocycles. The number of ether oxygens (including phenoxy) is 1. The maximum atomic E-state index is 13.8. The Hall–Kier alpha value is -2.78. The summed E-state index contributed by atoms with van der Waals surface area (Å²) in [6, 6.07) is -0.0195. The molecule has 0 saturated carbocycles. The number of ketones is 1. The highest BCUT2D eigenvalue weighted by Crippen LogP contribution is 2.30. The maximum absolute atomic E-state index is 13.8. The van der Waals surface area contributed by atoms with Crippen molar-refractivity contribution in [2.45, 2.75) is 19.8 Å². The normalized spacial score (nSPS) is 14.5. The number of amides is 1. The van der Waals surface area contributed by atoms with Crippen molar-refractivity contribution < 1.29 is 36.7 Å². The van der Waals surface area contributed by atoms with Crippen molar-refractivity contribution in [1.29, 1.82) is 0 Å². The Labute approximate surface area is 132 Å². The fourth-order valence-corrected chi connectivity index (χ4v) is 1.87. The Morgan fingerprint density at radius 3 is 2.29 bits per heavy atom. The van der Waals surface area contributed by atoms with E-state index in [-0.39, 0.29) is 17.5 Å². The van der Waals surface area contributed by atoms with Crippen LogP contribution < -0.4 is 5.01 Å². The lowest BCUT2D eigenvalue weighted by molar-refractivity contribution is -0.140. The van der Waals surface area contributed by atoms with Gasteiger partial charge in [0.2, 0.25) is 5.91 Å². The van der Waals surface area contributed by atoms with Crippen LogP contribution in [0.5, 0.6) is 0 Å². The van der Waals surface area contributed by atoms with Crippen LogP contribution in [-0.4, -0.2) is 30.0 Å². The summed E-state index contributed by atoms with van der Waals surface area (Å²) in [5.41, 5.74) is -1.78. The smallest absolute Gasteiger partial charge is 0.354 e. The Morgan fingerprint density at radius 1 is 1.17 bits per heavy atom. The maximum Gasteiger partial charge on any atom is 0.354 e. The van der Waals surface area contributed by atoms with E-state index >= 15 is 0 Å². The van der Waals surface area contributed by atoms with Crippen molar-refractivity contribution in [2.75, 3.05) is 11.6 Å². The van der Waals surface area contributed by atoms with Crippen LogP contribution in [0.4, 0.5) is 23.2 Å². The molecular formula is C14H10F4N2O4. The Morgan fingerprint density at radius 2 is 1.75 bits per heavy atom. The molecule has 128 valence electrons. The second kappa shape index (κ2) is 6.77. The molecule has 0 bridgehead atoms. The first-order chi connectivity index (χ1) is 11.2. The molecule has 2 rings (SSSR count). The molecule has 0 atom stereocenters. The lowest BCUT2D eigenvalue weighted by Gasteiger charge is -2.23. The summed E-state index contributed by atoms with van der Waals surface area (Å²) in [4.78, 5) is 34.3. The third-order valence-corrected chi connectivity index (χ3v) is 2.98. The zero-order valence-corrected chi connectivity index (χ0v) is 12.2. The van der Waals surface area contributed by atoms with E-state index < -0.39 is 65.4 Å². The highest BCUT2D eigenvalue weighted by molar-refractivity contribution is 6.38.